The fourth-order valence-corrected chi connectivity index (χ4v) is 3.61. The minimum absolute atomic E-state index is 0.0580. The van der Waals surface area contributed by atoms with Gasteiger partial charge in [-0.25, -0.2) is 0 Å². The van der Waals surface area contributed by atoms with Crippen LogP contribution in [0.1, 0.15) is 52.0 Å². The van der Waals surface area contributed by atoms with E-state index in [1.165, 1.54) is 10.6 Å². The molecular formula is C19H28FN3O. The van der Waals surface area contributed by atoms with Crippen LogP contribution in [0.4, 0.5) is 10.1 Å². The van der Waals surface area contributed by atoms with Crippen molar-refractivity contribution in [2.75, 3.05) is 12.1 Å². The van der Waals surface area contributed by atoms with Crippen LogP contribution in [0, 0.1) is 5.92 Å². The number of para-hydroxylation sites is 1. The van der Waals surface area contributed by atoms with Crippen LogP contribution in [0.3, 0.4) is 0 Å². The lowest BCUT2D eigenvalue weighted by atomic mass is 9.90. The summed E-state index contributed by atoms with van der Waals surface area (Å²) in [6, 6.07) is 7.86. The molecule has 0 bridgehead atoms. The predicted molar refractivity (Wildman–Crippen MR) is 96.0 cm³/mol. The summed E-state index contributed by atoms with van der Waals surface area (Å²) in [6.45, 7) is 8.52. The summed E-state index contributed by atoms with van der Waals surface area (Å²) in [4.78, 5) is 11.3. The predicted octanol–water partition coefficient (Wildman–Crippen LogP) is 3.95. The molecule has 1 amide bonds. The number of nitrogens with two attached hydrogens (primary N) is 1. The Kier molecular flexibility index (Phi) is 5.52. The van der Waals surface area contributed by atoms with E-state index in [1.54, 1.807) is 7.05 Å². The first kappa shape index (κ1) is 18.3. The minimum Gasteiger partial charge on any atom is -0.369 e. The fraction of sp³-hybridized carbons (Fsp3) is 0.526. The van der Waals surface area contributed by atoms with E-state index in [-0.39, 0.29) is 18.4 Å². The number of halogens is 1. The number of hydrogen-bond acceptors (Lipinski definition) is 3. The van der Waals surface area contributed by atoms with E-state index in [9.17, 15) is 9.18 Å². The molecule has 1 aromatic carbocycles. The van der Waals surface area contributed by atoms with Gasteiger partial charge in [-0.3, -0.25) is 14.8 Å². The van der Waals surface area contributed by atoms with Gasteiger partial charge >= 0.3 is 0 Å². The first-order chi connectivity index (χ1) is 11.2. The summed E-state index contributed by atoms with van der Waals surface area (Å²) in [7, 11) is 1.68. The number of nitrogens with zero attached hydrogens (tertiary/aromatic N) is 2. The van der Waals surface area contributed by atoms with Crippen molar-refractivity contribution in [1.29, 1.82) is 0 Å². The van der Waals surface area contributed by atoms with Crippen LogP contribution in [-0.2, 0) is 4.79 Å². The van der Waals surface area contributed by atoms with Crippen LogP contribution in [-0.4, -0.2) is 24.0 Å². The Hall–Kier alpha value is -2.04. The van der Waals surface area contributed by atoms with Crippen LogP contribution in [0.15, 0.2) is 35.8 Å². The van der Waals surface area contributed by atoms with Gasteiger partial charge < -0.3 is 5.73 Å². The van der Waals surface area contributed by atoms with Gasteiger partial charge in [0.15, 0.2) is 0 Å². The van der Waals surface area contributed by atoms with E-state index in [0.29, 0.717) is 17.4 Å². The second-order valence-corrected chi connectivity index (χ2v) is 7.09. The second kappa shape index (κ2) is 7.24. The number of carbonyl (C=O) groups excluding carboxylic acids is 1. The third-order valence-electron chi connectivity index (χ3n) is 4.65. The van der Waals surface area contributed by atoms with Crippen molar-refractivity contribution in [2.45, 2.75) is 52.5 Å². The van der Waals surface area contributed by atoms with Crippen LogP contribution in [0.25, 0.3) is 0 Å². The lowest BCUT2D eigenvalue weighted by molar-refractivity contribution is -0.117. The van der Waals surface area contributed by atoms with Gasteiger partial charge in [-0.05, 0) is 36.8 Å². The Morgan fingerprint density at radius 2 is 1.92 bits per heavy atom. The summed E-state index contributed by atoms with van der Waals surface area (Å²) in [5, 5.41) is 3.41. The Morgan fingerprint density at radius 3 is 2.50 bits per heavy atom. The van der Waals surface area contributed by atoms with Crippen LogP contribution in [0.2, 0.25) is 0 Å². The molecule has 4 nitrogen and oxygen atoms in total. The maximum atomic E-state index is 14.6. The van der Waals surface area contributed by atoms with Gasteiger partial charge in [0.1, 0.15) is 0 Å². The summed E-state index contributed by atoms with van der Waals surface area (Å²) < 4.78 is 14.6. The van der Waals surface area contributed by atoms with E-state index in [4.69, 9.17) is 5.73 Å². The quantitative estimate of drug-likeness (QED) is 0.802. The van der Waals surface area contributed by atoms with Crippen molar-refractivity contribution >= 4 is 11.6 Å². The molecule has 5 heteroatoms. The van der Waals surface area contributed by atoms with Crippen LogP contribution in [0.5, 0.6) is 0 Å². The molecule has 1 aromatic rings. The van der Waals surface area contributed by atoms with E-state index in [2.05, 4.69) is 26.8 Å². The van der Waals surface area contributed by atoms with Gasteiger partial charge in [0.25, 0.3) is 0 Å². The zero-order valence-electron chi connectivity index (χ0n) is 15.2. The largest absolute Gasteiger partial charge is 0.369 e. The van der Waals surface area contributed by atoms with Crippen molar-refractivity contribution in [2.24, 2.45) is 11.7 Å². The molecule has 0 aromatic heterocycles. The fourth-order valence-electron chi connectivity index (χ4n) is 3.61. The molecule has 132 valence electrons. The van der Waals surface area contributed by atoms with Crippen LogP contribution >= 0.6 is 0 Å². The number of rotatable bonds is 6. The number of primary amides is 1. The topological polar surface area (TPSA) is 49.6 Å². The molecule has 24 heavy (non-hydrogen) atoms. The smallest absolute Gasteiger partial charge is 0.221 e. The Bertz CT molecular complexity index is 641. The molecule has 0 radical (unpaired) electrons. The van der Waals surface area contributed by atoms with E-state index < -0.39 is 5.91 Å². The van der Waals surface area contributed by atoms with E-state index in [0.717, 1.165) is 12.1 Å². The number of anilines is 1. The molecule has 0 fully saturated rings. The van der Waals surface area contributed by atoms with Gasteiger partial charge in [-0.1, -0.05) is 39.0 Å². The molecule has 1 heterocycles. The summed E-state index contributed by atoms with van der Waals surface area (Å²) >= 11 is 0. The summed E-state index contributed by atoms with van der Waals surface area (Å²) in [6.07, 6.45) is 1.00. The Labute approximate surface area is 144 Å². The standard InChI is InChI=1S/C19H28FN3O/c1-12(2)10-13(3)15-8-6-7-9-17(15)23-14(4)16(11-18(21)24)19(20)22(23)5/h6-9,12-14H,10-11H2,1-5H3,(H2,21,24). The maximum absolute atomic E-state index is 14.6. The second-order valence-electron chi connectivity index (χ2n) is 7.09. The monoisotopic (exact) mass is 333 g/mol. The van der Waals surface area contributed by atoms with Crippen molar-refractivity contribution in [1.82, 2.24) is 5.01 Å². The van der Waals surface area contributed by atoms with Gasteiger partial charge in [0, 0.05) is 12.6 Å². The normalized spacial score (nSPS) is 19.4. The van der Waals surface area contributed by atoms with Gasteiger partial charge in [-0.15, -0.1) is 0 Å². The van der Waals surface area contributed by atoms with E-state index >= 15 is 0 Å². The average molecular weight is 333 g/mol. The highest BCUT2D eigenvalue weighted by Crippen LogP contribution is 2.39. The third-order valence-corrected chi connectivity index (χ3v) is 4.65. The highest BCUT2D eigenvalue weighted by Gasteiger charge is 2.36. The molecule has 1 aliphatic heterocycles. The van der Waals surface area contributed by atoms with Gasteiger partial charge in [0.05, 0.1) is 18.2 Å². The van der Waals surface area contributed by atoms with Crippen molar-refractivity contribution in [3.05, 3.63) is 41.4 Å². The highest BCUT2D eigenvalue weighted by atomic mass is 19.1. The average Bonchev–Trinajstić information content (AvgIpc) is 2.70. The molecule has 2 rings (SSSR count). The maximum Gasteiger partial charge on any atom is 0.221 e. The lowest BCUT2D eigenvalue weighted by Crippen LogP contribution is -2.40. The number of hydrazine groups is 1. The first-order valence-corrected chi connectivity index (χ1v) is 8.52. The van der Waals surface area contributed by atoms with E-state index in [1.807, 2.05) is 30.1 Å². The summed E-state index contributed by atoms with van der Waals surface area (Å²) in [5.74, 6) is 0.0587. The number of carbonyl (C=O) groups is 1. The Morgan fingerprint density at radius 1 is 1.29 bits per heavy atom. The lowest BCUT2D eigenvalue weighted by Gasteiger charge is -2.34. The third kappa shape index (κ3) is 3.55. The molecule has 0 aliphatic carbocycles. The van der Waals surface area contributed by atoms with Gasteiger partial charge in [-0.2, -0.15) is 4.39 Å². The molecular weight excluding hydrogens is 305 g/mol. The zero-order chi connectivity index (χ0) is 18.0. The molecule has 2 atom stereocenters. The van der Waals surface area contributed by atoms with Crippen molar-refractivity contribution < 1.29 is 9.18 Å². The molecule has 2 unspecified atom stereocenters. The van der Waals surface area contributed by atoms with Crippen molar-refractivity contribution in [3.63, 3.8) is 0 Å². The first-order valence-electron chi connectivity index (χ1n) is 8.52. The molecule has 0 saturated carbocycles. The molecule has 1 aliphatic rings. The number of hydrogen-bond donors (Lipinski definition) is 1. The number of benzene rings is 1. The highest BCUT2D eigenvalue weighted by molar-refractivity contribution is 5.77. The van der Waals surface area contributed by atoms with Crippen LogP contribution < -0.4 is 10.7 Å². The molecule has 0 saturated heterocycles. The Balaban J connectivity index is 2.38. The van der Waals surface area contributed by atoms with Crippen molar-refractivity contribution in [3.8, 4) is 0 Å². The minimum atomic E-state index is -0.510. The SMILES string of the molecule is CC(C)CC(C)c1ccccc1N1C(C)C(CC(N)=O)=C(F)N1C. The zero-order valence-corrected chi connectivity index (χ0v) is 15.2. The number of amides is 1. The molecule has 0 spiro atoms. The summed E-state index contributed by atoms with van der Waals surface area (Å²) in [5.41, 5.74) is 7.90. The molecule has 2 N–H and O–H groups in total. The van der Waals surface area contributed by atoms with Gasteiger partial charge in [0.2, 0.25) is 11.9 Å².